The van der Waals surface area contributed by atoms with E-state index >= 15 is 0 Å². The Morgan fingerprint density at radius 3 is 2.67 bits per heavy atom. The van der Waals surface area contributed by atoms with Gasteiger partial charge in [-0.15, -0.1) is 0 Å². The molecule has 0 unspecified atom stereocenters. The van der Waals surface area contributed by atoms with Gasteiger partial charge in [-0.2, -0.15) is 10.1 Å². The van der Waals surface area contributed by atoms with Gasteiger partial charge in [0.05, 0.1) is 11.9 Å². The zero-order chi connectivity index (χ0) is 15.6. The van der Waals surface area contributed by atoms with Crippen LogP contribution in [-0.2, 0) is 23.7 Å². The highest BCUT2D eigenvalue weighted by Crippen LogP contribution is 2.19. The van der Waals surface area contributed by atoms with Crippen molar-refractivity contribution in [3.63, 3.8) is 0 Å². The molecule has 0 saturated heterocycles. The van der Waals surface area contributed by atoms with Gasteiger partial charge in [0.15, 0.2) is 5.82 Å². The van der Waals surface area contributed by atoms with E-state index in [9.17, 15) is 4.79 Å². The van der Waals surface area contributed by atoms with Crippen LogP contribution in [-0.4, -0.2) is 32.9 Å². The first-order chi connectivity index (χ1) is 9.77. The Balaban J connectivity index is 1.93. The van der Waals surface area contributed by atoms with Crippen molar-refractivity contribution in [1.82, 2.24) is 19.9 Å². The van der Waals surface area contributed by atoms with E-state index in [1.165, 1.54) is 0 Å². The van der Waals surface area contributed by atoms with Crippen molar-refractivity contribution in [3.05, 3.63) is 24.1 Å². The topological polar surface area (TPSA) is 77.1 Å². The number of hydrogen-bond donors (Lipinski definition) is 0. The summed E-state index contributed by atoms with van der Waals surface area (Å²) in [7, 11) is 3.54. The summed E-state index contributed by atoms with van der Waals surface area (Å²) < 4.78 is 6.84. The number of amides is 1. The molecular weight excluding hydrogens is 270 g/mol. The molecule has 1 amide bonds. The normalized spacial score (nSPS) is 11.7. The molecule has 2 rings (SSSR count). The Morgan fingerprint density at radius 2 is 2.14 bits per heavy atom. The molecular formula is C14H21N5O2. The third-order valence-corrected chi connectivity index (χ3v) is 3.14. The first kappa shape index (κ1) is 15.2. The van der Waals surface area contributed by atoms with Crippen LogP contribution in [0.15, 0.2) is 16.9 Å². The number of carbonyl (C=O) groups excluding carboxylic acids is 1. The highest BCUT2D eigenvalue weighted by atomic mass is 16.5. The number of anilines is 1. The van der Waals surface area contributed by atoms with E-state index in [1.807, 2.05) is 27.8 Å². The van der Waals surface area contributed by atoms with Crippen LogP contribution in [0.3, 0.4) is 0 Å². The van der Waals surface area contributed by atoms with Crippen molar-refractivity contribution < 1.29 is 9.32 Å². The predicted octanol–water partition coefficient (Wildman–Crippen LogP) is 1.70. The number of aromatic nitrogens is 4. The Labute approximate surface area is 123 Å². The van der Waals surface area contributed by atoms with Crippen LogP contribution in [0, 0.1) is 0 Å². The molecule has 7 heteroatoms. The number of carbonyl (C=O) groups is 1. The van der Waals surface area contributed by atoms with E-state index in [1.54, 1.807) is 29.0 Å². The summed E-state index contributed by atoms with van der Waals surface area (Å²) in [5, 5.41) is 8.00. The van der Waals surface area contributed by atoms with E-state index in [0.29, 0.717) is 24.6 Å². The van der Waals surface area contributed by atoms with Gasteiger partial charge in [0.25, 0.3) is 0 Å². The molecule has 21 heavy (non-hydrogen) atoms. The van der Waals surface area contributed by atoms with Gasteiger partial charge in [-0.3, -0.25) is 9.48 Å². The molecule has 7 nitrogen and oxygen atoms in total. The van der Waals surface area contributed by atoms with Crippen LogP contribution in [0.4, 0.5) is 5.69 Å². The lowest BCUT2D eigenvalue weighted by Crippen LogP contribution is -2.26. The third-order valence-electron chi connectivity index (χ3n) is 3.14. The zero-order valence-electron chi connectivity index (χ0n) is 13.1. The molecule has 2 aromatic heterocycles. The summed E-state index contributed by atoms with van der Waals surface area (Å²) in [6.07, 6.45) is 4.20. The van der Waals surface area contributed by atoms with Crippen LogP contribution in [0.5, 0.6) is 0 Å². The summed E-state index contributed by atoms with van der Waals surface area (Å²) in [6.45, 7) is 6.05. The second-order valence-corrected chi connectivity index (χ2v) is 6.09. The van der Waals surface area contributed by atoms with E-state index in [2.05, 4.69) is 15.2 Å². The summed E-state index contributed by atoms with van der Waals surface area (Å²) in [5.41, 5.74) is 0.613. The minimum absolute atomic E-state index is 0.0153. The Hall–Kier alpha value is -2.18. The van der Waals surface area contributed by atoms with Gasteiger partial charge in [0.2, 0.25) is 11.8 Å². The van der Waals surface area contributed by atoms with Gasteiger partial charge in [0.1, 0.15) is 0 Å². The Bertz CT molecular complexity index is 623. The van der Waals surface area contributed by atoms with E-state index in [0.717, 1.165) is 5.69 Å². The monoisotopic (exact) mass is 291 g/mol. The lowest BCUT2D eigenvalue weighted by Gasteiger charge is -2.14. The van der Waals surface area contributed by atoms with Crippen molar-refractivity contribution in [1.29, 1.82) is 0 Å². The number of nitrogens with zero attached hydrogens (tertiary/aromatic N) is 5. The van der Waals surface area contributed by atoms with Gasteiger partial charge in [-0.25, -0.2) is 0 Å². The molecule has 0 aliphatic heterocycles. The van der Waals surface area contributed by atoms with Gasteiger partial charge in [0, 0.05) is 38.5 Å². The Morgan fingerprint density at radius 1 is 1.43 bits per heavy atom. The molecule has 0 atom stereocenters. The second kappa shape index (κ2) is 5.67. The average molecular weight is 291 g/mol. The van der Waals surface area contributed by atoms with Crippen molar-refractivity contribution in [2.24, 2.45) is 7.05 Å². The Kier molecular flexibility index (Phi) is 4.11. The average Bonchev–Trinajstić information content (AvgIpc) is 3.03. The fourth-order valence-corrected chi connectivity index (χ4v) is 1.77. The minimum Gasteiger partial charge on any atom is -0.339 e. The molecule has 0 aromatic carbocycles. The number of hydrogen-bond acceptors (Lipinski definition) is 5. The first-order valence-corrected chi connectivity index (χ1v) is 6.85. The molecule has 0 saturated carbocycles. The standard InChI is InChI=1S/C14H21N5O2/c1-14(2,3)13-16-11(21-17-13)6-7-12(20)19(5)10-8-15-18(4)9-10/h8-9H,6-7H2,1-5H3. The molecule has 0 spiro atoms. The maximum Gasteiger partial charge on any atom is 0.227 e. The molecule has 0 aliphatic carbocycles. The van der Waals surface area contributed by atoms with Crippen molar-refractivity contribution in [2.75, 3.05) is 11.9 Å². The molecule has 2 heterocycles. The lowest BCUT2D eigenvalue weighted by molar-refractivity contribution is -0.118. The molecule has 0 N–H and O–H groups in total. The van der Waals surface area contributed by atoms with Gasteiger partial charge in [-0.05, 0) is 0 Å². The third kappa shape index (κ3) is 3.68. The summed E-state index contributed by atoms with van der Waals surface area (Å²) in [6, 6.07) is 0. The minimum atomic E-state index is -0.155. The van der Waals surface area contributed by atoms with Crippen LogP contribution in [0.2, 0.25) is 0 Å². The molecule has 2 aromatic rings. The highest BCUT2D eigenvalue weighted by Gasteiger charge is 2.21. The quantitative estimate of drug-likeness (QED) is 0.856. The first-order valence-electron chi connectivity index (χ1n) is 6.85. The fourth-order valence-electron chi connectivity index (χ4n) is 1.77. The van der Waals surface area contributed by atoms with Crippen molar-refractivity contribution >= 4 is 11.6 Å². The highest BCUT2D eigenvalue weighted by molar-refractivity contribution is 5.92. The van der Waals surface area contributed by atoms with Crippen molar-refractivity contribution in [3.8, 4) is 0 Å². The van der Waals surface area contributed by atoms with E-state index in [4.69, 9.17) is 4.52 Å². The predicted molar refractivity (Wildman–Crippen MR) is 77.9 cm³/mol. The fraction of sp³-hybridized carbons (Fsp3) is 0.571. The molecule has 0 radical (unpaired) electrons. The molecule has 114 valence electrons. The number of aryl methyl sites for hydroxylation is 2. The van der Waals surface area contributed by atoms with Gasteiger partial charge in [-0.1, -0.05) is 25.9 Å². The second-order valence-electron chi connectivity index (χ2n) is 6.09. The van der Waals surface area contributed by atoms with E-state index in [-0.39, 0.29) is 11.3 Å². The van der Waals surface area contributed by atoms with Crippen molar-refractivity contribution in [2.45, 2.75) is 39.0 Å². The number of rotatable bonds is 4. The maximum absolute atomic E-state index is 12.1. The summed E-state index contributed by atoms with van der Waals surface area (Å²) >= 11 is 0. The zero-order valence-corrected chi connectivity index (χ0v) is 13.1. The maximum atomic E-state index is 12.1. The van der Waals surface area contributed by atoms with Crippen LogP contribution >= 0.6 is 0 Å². The van der Waals surface area contributed by atoms with Gasteiger partial charge < -0.3 is 9.42 Å². The summed E-state index contributed by atoms with van der Waals surface area (Å²) in [5.74, 6) is 1.14. The van der Waals surface area contributed by atoms with Crippen LogP contribution in [0.1, 0.15) is 38.9 Å². The summed E-state index contributed by atoms with van der Waals surface area (Å²) in [4.78, 5) is 18.0. The van der Waals surface area contributed by atoms with Gasteiger partial charge >= 0.3 is 0 Å². The lowest BCUT2D eigenvalue weighted by atomic mass is 9.96. The molecule has 0 fully saturated rings. The van der Waals surface area contributed by atoms with Crippen LogP contribution < -0.4 is 4.90 Å². The SMILES string of the molecule is CN(C(=O)CCc1nc(C(C)(C)C)no1)c1cnn(C)c1. The van der Waals surface area contributed by atoms with Crippen LogP contribution in [0.25, 0.3) is 0 Å². The largest absolute Gasteiger partial charge is 0.339 e. The molecule has 0 aliphatic rings. The van der Waals surface area contributed by atoms with E-state index < -0.39 is 0 Å². The smallest absolute Gasteiger partial charge is 0.227 e. The molecule has 0 bridgehead atoms.